The van der Waals surface area contributed by atoms with Gasteiger partial charge in [0, 0.05) is 0 Å². The molecule has 6 heteroatoms. The van der Waals surface area contributed by atoms with E-state index >= 15 is 0 Å². The number of amides is 2. The van der Waals surface area contributed by atoms with Crippen LogP contribution in [-0.4, -0.2) is 29.9 Å². The molecule has 1 aliphatic rings. The molecule has 0 atom stereocenters. The van der Waals surface area contributed by atoms with Crippen LogP contribution in [-0.2, 0) is 9.59 Å². The summed E-state index contributed by atoms with van der Waals surface area (Å²) in [5.74, 6) is 0.401. The lowest BCUT2D eigenvalue weighted by Gasteiger charge is -2.25. The van der Waals surface area contributed by atoms with Gasteiger partial charge in [0.1, 0.15) is 11.8 Å². The zero-order valence-corrected chi connectivity index (χ0v) is 10.3. The van der Waals surface area contributed by atoms with Crippen molar-refractivity contribution in [1.82, 2.24) is 0 Å². The Morgan fingerprint density at radius 3 is 2.61 bits per heavy atom. The molecule has 1 fully saturated rings. The molecule has 0 bridgehead atoms. The third-order valence-electron chi connectivity index (χ3n) is 2.35. The molecule has 0 spiro atoms. The van der Waals surface area contributed by atoms with Crippen LogP contribution in [0.2, 0.25) is 0 Å². The minimum atomic E-state index is -0.260. The number of carbonyl (C=O) groups excluding carboxylic acids is 2. The van der Waals surface area contributed by atoms with Gasteiger partial charge in [-0.25, -0.2) is 4.90 Å². The lowest BCUT2D eigenvalue weighted by atomic mass is 10.2. The van der Waals surface area contributed by atoms with Gasteiger partial charge in [0.25, 0.3) is 0 Å². The van der Waals surface area contributed by atoms with E-state index < -0.39 is 0 Å². The van der Waals surface area contributed by atoms with Gasteiger partial charge < -0.3 is 4.74 Å². The SMILES string of the molecule is N#CCOc1ccccc1N1C(=O)CSCC1=O. The zero-order chi connectivity index (χ0) is 13.0. The van der Waals surface area contributed by atoms with Crippen LogP contribution in [0.25, 0.3) is 0 Å². The van der Waals surface area contributed by atoms with E-state index in [1.807, 2.05) is 6.07 Å². The van der Waals surface area contributed by atoms with Gasteiger partial charge in [0.05, 0.1) is 17.2 Å². The molecule has 1 aromatic rings. The van der Waals surface area contributed by atoms with Crippen LogP contribution in [0.15, 0.2) is 24.3 Å². The van der Waals surface area contributed by atoms with E-state index in [2.05, 4.69) is 0 Å². The van der Waals surface area contributed by atoms with Crippen molar-refractivity contribution in [3.8, 4) is 11.8 Å². The maximum atomic E-state index is 11.8. The molecule has 92 valence electrons. The van der Waals surface area contributed by atoms with Crippen LogP contribution in [0.5, 0.6) is 5.75 Å². The Morgan fingerprint density at radius 2 is 1.94 bits per heavy atom. The van der Waals surface area contributed by atoms with Crippen LogP contribution in [0, 0.1) is 11.3 Å². The third kappa shape index (κ3) is 2.46. The second-order valence-corrected chi connectivity index (χ2v) is 4.52. The maximum absolute atomic E-state index is 11.8. The number of nitriles is 1. The summed E-state index contributed by atoms with van der Waals surface area (Å²) in [6.07, 6.45) is 0. The van der Waals surface area contributed by atoms with E-state index in [1.165, 1.54) is 11.8 Å². The van der Waals surface area contributed by atoms with Gasteiger partial charge in [0.15, 0.2) is 6.61 Å². The van der Waals surface area contributed by atoms with E-state index in [9.17, 15) is 9.59 Å². The Hall–Kier alpha value is -2.00. The second kappa shape index (κ2) is 5.56. The number of hydrogen-bond acceptors (Lipinski definition) is 5. The van der Waals surface area contributed by atoms with Gasteiger partial charge in [-0.3, -0.25) is 9.59 Å². The molecule has 1 aromatic carbocycles. The van der Waals surface area contributed by atoms with Gasteiger partial charge in [-0.1, -0.05) is 12.1 Å². The Bertz CT molecular complexity index is 508. The molecular weight excluding hydrogens is 252 g/mol. The highest BCUT2D eigenvalue weighted by molar-refractivity contribution is 8.00. The van der Waals surface area contributed by atoms with Gasteiger partial charge in [-0.15, -0.1) is 11.8 Å². The molecule has 0 N–H and O–H groups in total. The highest BCUT2D eigenvalue weighted by Crippen LogP contribution is 2.30. The minimum Gasteiger partial charge on any atom is -0.477 e. The number of nitrogens with zero attached hydrogens (tertiary/aromatic N) is 2. The molecule has 0 unspecified atom stereocenters. The molecule has 2 rings (SSSR count). The van der Waals surface area contributed by atoms with E-state index in [4.69, 9.17) is 10.00 Å². The number of benzene rings is 1. The minimum absolute atomic E-state index is 0.123. The predicted molar refractivity (Wildman–Crippen MR) is 67.4 cm³/mol. The molecule has 0 aromatic heterocycles. The average Bonchev–Trinajstić information content (AvgIpc) is 2.37. The van der Waals surface area contributed by atoms with E-state index in [0.29, 0.717) is 11.4 Å². The maximum Gasteiger partial charge on any atom is 0.243 e. The molecule has 0 radical (unpaired) electrons. The normalized spacial score (nSPS) is 15.4. The fourth-order valence-electron chi connectivity index (χ4n) is 1.64. The number of para-hydroxylation sites is 2. The van der Waals surface area contributed by atoms with Gasteiger partial charge in [-0.2, -0.15) is 5.26 Å². The summed E-state index contributed by atoms with van der Waals surface area (Å²) in [6, 6.07) is 8.57. The molecule has 1 aliphatic heterocycles. The zero-order valence-electron chi connectivity index (χ0n) is 9.46. The summed E-state index contributed by atoms with van der Waals surface area (Å²) in [5.41, 5.74) is 0.406. The summed E-state index contributed by atoms with van der Waals surface area (Å²) >= 11 is 1.30. The number of imide groups is 1. The Balaban J connectivity index is 2.34. The fourth-order valence-corrected chi connectivity index (χ4v) is 2.35. The van der Waals surface area contributed by atoms with Crippen LogP contribution < -0.4 is 9.64 Å². The molecule has 1 heterocycles. The molecule has 2 amide bonds. The first kappa shape index (κ1) is 12.5. The summed E-state index contributed by atoms with van der Waals surface area (Å²) in [5, 5.41) is 8.51. The lowest BCUT2D eigenvalue weighted by molar-refractivity contribution is -0.124. The number of thioether (sulfide) groups is 1. The van der Waals surface area contributed by atoms with Crippen molar-refractivity contribution in [3.05, 3.63) is 24.3 Å². The third-order valence-corrected chi connectivity index (χ3v) is 3.25. The number of ether oxygens (including phenoxy) is 1. The monoisotopic (exact) mass is 262 g/mol. The van der Waals surface area contributed by atoms with Crippen molar-refractivity contribution in [2.45, 2.75) is 0 Å². The lowest BCUT2D eigenvalue weighted by Crippen LogP contribution is -2.43. The number of carbonyl (C=O) groups is 2. The van der Waals surface area contributed by atoms with Crippen LogP contribution in [0.1, 0.15) is 0 Å². The fraction of sp³-hybridized carbons (Fsp3) is 0.250. The number of anilines is 1. The van der Waals surface area contributed by atoms with Crippen molar-refractivity contribution in [1.29, 1.82) is 5.26 Å². The van der Waals surface area contributed by atoms with Crippen molar-refractivity contribution in [3.63, 3.8) is 0 Å². The van der Waals surface area contributed by atoms with E-state index in [-0.39, 0.29) is 29.9 Å². The van der Waals surface area contributed by atoms with Gasteiger partial charge in [0.2, 0.25) is 11.8 Å². The van der Waals surface area contributed by atoms with Crippen molar-refractivity contribution in [2.75, 3.05) is 23.0 Å². The first-order chi connectivity index (χ1) is 8.74. The van der Waals surface area contributed by atoms with E-state index in [0.717, 1.165) is 4.90 Å². The van der Waals surface area contributed by atoms with Crippen LogP contribution in [0.3, 0.4) is 0 Å². The predicted octanol–water partition coefficient (Wildman–Crippen LogP) is 1.20. The molecular formula is C12H10N2O3S. The van der Waals surface area contributed by atoms with Gasteiger partial charge in [-0.05, 0) is 12.1 Å². The molecule has 5 nitrogen and oxygen atoms in total. The summed E-state index contributed by atoms with van der Waals surface area (Å²) in [7, 11) is 0. The largest absolute Gasteiger partial charge is 0.477 e. The summed E-state index contributed by atoms with van der Waals surface area (Å²) in [4.78, 5) is 24.7. The van der Waals surface area contributed by atoms with Crippen LogP contribution >= 0.6 is 11.8 Å². The highest BCUT2D eigenvalue weighted by Gasteiger charge is 2.29. The Morgan fingerprint density at radius 1 is 1.28 bits per heavy atom. The highest BCUT2D eigenvalue weighted by atomic mass is 32.2. The molecule has 0 saturated carbocycles. The van der Waals surface area contributed by atoms with Crippen molar-refractivity contribution in [2.24, 2.45) is 0 Å². The van der Waals surface area contributed by atoms with E-state index in [1.54, 1.807) is 24.3 Å². The quantitative estimate of drug-likeness (QED) is 0.765. The Labute approximate surface area is 108 Å². The van der Waals surface area contributed by atoms with Crippen molar-refractivity contribution < 1.29 is 14.3 Å². The summed E-state index contributed by atoms with van der Waals surface area (Å²) in [6.45, 7) is -0.123. The number of hydrogen-bond donors (Lipinski definition) is 0. The van der Waals surface area contributed by atoms with Gasteiger partial charge >= 0.3 is 0 Å². The first-order valence-electron chi connectivity index (χ1n) is 5.26. The Kier molecular flexibility index (Phi) is 3.85. The van der Waals surface area contributed by atoms with Crippen LogP contribution in [0.4, 0.5) is 5.69 Å². The molecule has 0 aliphatic carbocycles. The molecule has 1 saturated heterocycles. The molecule has 18 heavy (non-hydrogen) atoms. The number of rotatable bonds is 3. The van der Waals surface area contributed by atoms with Crippen molar-refractivity contribution >= 4 is 29.3 Å². The standard InChI is InChI=1S/C12H10N2O3S/c13-5-6-17-10-4-2-1-3-9(10)14-11(15)7-18-8-12(14)16/h1-4H,6-8H2. The topological polar surface area (TPSA) is 70.4 Å². The average molecular weight is 262 g/mol. The second-order valence-electron chi connectivity index (χ2n) is 3.53. The first-order valence-corrected chi connectivity index (χ1v) is 6.42. The summed E-state index contributed by atoms with van der Waals surface area (Å²) < 4.78 is 5.22. The smallest absolute Gasteiger partial charge is 0.243 e.